The number of hydrazone groups is 1. The van der Waals surface area contributed by atoms with Gasteiger partial charge in [0.2, 0.25) is 6.41 Å². The molecule has 44 valence electrons. The molecule has 1 aliphatic rings. The van der Waals surface area contributed by atoms with Crippen molar-refractivity contribution in [3.63, 3.8) is 0 Å². The van der Waals surface area contributed by atoms with E-state index in [1.165, 1.54) is 5.01 Å². The maximum absolute atomic E-state index is 9.96. The molecule has 0 saturated heterocycles. The third kappa shape index (κ3) is 0.857. The van der Waals surface area contributed by atoms with Gasteiger partial charge in [0, 0.05) is 12.1 Å². The molecular weight excluding hydrogens is 104 g/mol. The van der Waals surface area contributed by atoms with Gasteiger partial charge in [0.05, 0.1) is 6.54 Å². The quantitative estimate of drug-likeness (QED) is 0.442. The maximum Gasteiger partial charge on any atom is 0.229 e. The Labute approximate surface area is 48.0 Å². The molecule has 3 nitrogen and oxygen atoms in total. The molecule has 1 atom stereocenters. The van der Waals surface area contributed by atoms with Crippen molar-refractivity contribution in [1.29, 1.82) is 0 Å². The lowest BCUT2D eigenvalue weighted by molar-refractivity contribution is -0.117. The van der Waals surface area contributed by atoms with Crippen LogP contribution in [0.4, 0.5) is 0 Å². The fourth-order valence-corrected chi connectivity index (χ4v) is 0.659. The molecule has 0 N–H and O–H groups in total. The normalized spacial score (nSPS) is 26.6. The van der Waals surface area contributed by atoms with Crippen LogP contribution >= 0.6 is 0 Å². The van der Waals surface area contributed by atoms with Crippen molar-refractivity contribution < 1.29 is 4.79 Å². The lowest BCUT2D eigenvalue weighted by Crippen LogP contribution is -2.14. The van der Waals surface area contributed by atoms with Crippen LogP contribution in [0, 0.1) is 5.92 Å². The highest BCUT2D eigenvalue weighted by atomic mass is 16.1. The number of hydrogen-bond donors (Lipinski definition) is 0. The van der Waals surface area contributed by atoms with E-state index in [1.54, 1.807) is 6.21 Å². The second kappa shape index (κ2) is 1.94. The molecule has 1 aliphatic heterocycles. The lowest BCUT2D eigenvalue weighted by atomic mass is 10.2. The molecule has 0 radical (unpaired) electrons. The predicted octanol–water partition coefficient (Wildman–Crippen LogP) is 0.0803. The topological polar surface area (TPSA) is 32.7 Å². The summed E-state index contributed by atoms with van der Waals surface area (Å²) >= 11 is 0. The van der Waals surface area contributed by atoms with E-state index in [1.807, 2.05) is 6.92 Å². The maximum atomic E-state index is 9.96. The van der Waals surface area contributed by atoms with Crippen LogP contribution in [0.25, 0.3) is 0 Å². The zero-order valence-corrected chi connectivity index (χ0v) is 4.74. The van der Waals surface area contributed by atoms with Crippen LogP contribution in [0.1, 0.15) is 6.92 Å². The fourth-order valence-electron chi connectivity index (χ4n) is 0.659. The Morgan fingerprint density at radius 3 is 3.00 bits per heavy atom. The van der Waals surface area contributed by atoms with E-state index in [4.69, 9.17) is 0 Å². The summed E-state index contributed by atoms with van der Waals surface area (Å²) in [7, 11) is 0. The van der Waals surface area contributed by atoms with Gasteiger partial charge < -0.3 is 0 Å². The Hall–Kier alpha value is -0.860. The first-order chi connectivity index (χ1) is 3.83. The predicted molar refractivity (Wildman–Crippen MR) is 30.4 cm³/mol. The van der Waals surface area contributed by atoms with Gasteiger partial charge in [-0.3, -0.25) is 4.79 Å². The van der Waals surface area contributed by atoms with E-state index in [2.05, 4.69) is 5.10 Å². The highest BCUT2D eigenvalue weighted by Gasteiger charge is 2.10. The fraction of sp³-hybridized carbons (Fsp3) is 0.600. The molecule has 0 aromatic heterocycles. The largest absolute Gasteiger partial charge is 0.277 e. The minimum atomic E-state index is 0.431. The number of carbonyl (C=O) groups is 1. The van der Waals surface area contributed by atoms with Gasteiger partial charge in [0.25, 0.3) is 0 Å². The van der Waals surface area contributed by atoms with Crippen molar-refractivity contribution in [2.45, 2.75) is 6.92 Å². The van der Waals surface area contributed by atoms with Crippen LogP contribution < -0.4 is 0 Å². The van der Waals surface area contributed by atoms with Gasteiger partial charge in [-0.1, -0.05) is 6.92 Å². The highest BCUT2D eigenvalue weighted by Crippen LogP contribution is 2.02. The zero-order valence-electron chi connectivity index (χ0n) is 4.74. The van der Waals surface area contributed by atoms with Crippen molar-refractivity contribution in [1.82, 2.24) is 5.01 Å². The minimum absolute atomic E-state index is 0.431. The average Bonchev–Trinajstić information content (AvgIpc) is 2.14. The third-order valence-electron chi connectivity index (χ3n) is 1.07. The first-order valence-electron chi connectivity index (χ1n) is 2.59. The molecule has 0 aromatic carbocycles. The molecule has 0 saturated carbocycles. The molecule has 8 heavy (non-hydrogen) atoms. The summed E-state index contributed by atoms with van der Waals surface area (Å²) in [6.45, 7) is 2.76. The number of nitrogens with zero attached hydrogens (tertiary/aromatic N) is 2. The van der Waals surface area contributed by atoms with Gasteiger partial charge in [0.15, 0.2) is 0 Å². The van der Waals surface area contributed by atoms with E-state index in [-0.39, 0.29) is 0 Å². The summed E-state index contributed by atoms with van der Waals surface area (Å²) in [5, 5.41) is 5.17. The first-order valence-corrected chi connectivity index (χ1v) is 2.59. The Balaban J connectivity index is 2.45. The molecule has 1 amide bonds. The van der Waals surface area contributed by atoms with Crippen molar-refractivity contribution in [3.8, 4) is 0 Å². The zero-order chi connectivity index (χ0) is 5.98. The van der Waals surface area contributed by atoms with E-state index in [0.29, 0.717) is 5.92 Å². The number of amides is 1. The second-order valence-electron chi connectivity index (χ2n) is 1.97. The number of hydrogen-bond acceptors (Lipinski definition) is 2. The monoisotopic (exact) mass is 112 g/mol. The molecule has 0 aliphatic carbocycles. The number of carbonyl (C=O) groups excluding carboxylic acids is 1. The SMILES string of the molecule is CC1C=NN(C=O)C1. The average molecular weight is 112 g/mol. The minimum Gasteiger partial charge on any atom is -0.277 e. The van der Waals surface area contributed by atoms with E-state index < -0.39 is 0 Å². The van der Waals surface area contributed by atoms with Crippen LogP contribution in [0.2, 0.25) is 0 Å². The Morgan fingerprint density at radius 2 is 2.75 bits per heavy atom. The molecule has 0 fully saturated rings. The van der Waals surface area contributed by atoms with Crippen molar-refractivity contribution in [3.05, 3.63) is 0 Å². The lowest BCUT2D eigenvalue weighted by Gasteiger charge is -2.01. The standard InChI is InChI=1S/C5H8N2O/c1-5-2-6-7(3-5)4-8/h2,4-5H,3H2,1H3. The Morgan fingerprint density at radius 1 is 2.00 bits per heavy atom. The van der Waals surface area contributed by atoms with E-state index >= 15 is 0 Å². The molecule has 0 aromatic rings. The smallest absolute Gasteiger partial charge is 0.229 e. The van der Waals surface area contributed by atoms with Gasteiger partial charge >= 0.3 is 0 Å². The Kier molecular flexibility index (Phi) is 1.28. The molecule has 1 unspecified atom stereocenters. The van der Waals surface area contributed by atoms with Crippen LogP contribution in [0.5, 0.6) is 0 Å². The molecule has 3 heteroatoms. The summed E-state index contributed by atoms with van der Waals surface area (Å²) in [4.78, 5) is 9.96. The first kappa shape index (κ1) is 5.28. The van der Waals surface area contributed by atoms with Crippen LogP contribution in [-0.4, -0.2) is 24.2 Å². The van der Waals surface area contributed by atoms with Gasteiger partial charge in [0.1, 0.15) is 0 Å². The van der Waals surface area contributed by atoms with Gasteiger partial charge in [-0.25, -0.2) is 5.01 Å². The molecule has 1 heterocycles. The van der Waals surface area contributed by atoms with E-state index in [0.717, 1.165) is 13.0 Å². The van der Waals surface area contributed by atoms with Crippen molar-refractivity contribution in [2.75, 3.05) is 6.54 Å². The van der Waals surface area contributed by atoms with Crippen LogP contribution in [0.3, 0.4) is 0 Å². The Bertz CT molecular complexity index is 122. The number of rotatable bonds is 1. The van der Waals surface area contributed by atoms with E-state index in [9.17, 15) is 4.79 Å². The summed E-state index contributed by atoms with van der Waals surface area (Å²) in [6.07, 6.45) is 2.51. The van der Waals surface area contributed by atoms with Gasteiger partial charge in [-0.2, -0.15) is 5.10 Å². The summed E-state index contributed by atoms with van der Waals surface area (Å²) < 4.78 is 0. The van der Waals surface area contributed by atoms with Crippen molar-refractivity contribution >= 4 is 12.6 Å². The van der Waals surface area contributed by atoms with Crippen molar-refractivity contribution in [2.24, 2.45) is 11.0 Å². The second-order valence-corrected chi connectivity index (χ2v) is 1.97. The summed E-state index contributed by atoms with van der Waals surface area (Å²) in [5.41, 5.74) is 0. The molecular formula is C5H8N2O. The highest BCUT2D eigenvalue weighted by molar-refractivity contribution is 5.65. The van der Waals surface area contributed by atoms with Gasteiger partial charge in [-0.05, 0) is 0 Å². The third-order valence-corrected chi connectivity index (χ3v) is 1.07. The van der Waals surface area contributed by atoms with Crippen LogP contribution in [-0.2, 0) is 4.79 Å². The molecule has 0 spiro atoms. The molecule has 0 bridgehead atoms. The van der Waals surface area contributed by atoms with Gasteiger partial charge in [-0.15, -0.1) is 0 Å². The summed E-state index contributed by atoms with van der Waals surface area (Å²) in [6, 6.07) is 0. The van der Waals surface area contributed by atoms with Crippen LogP contribution in [0.15, 0.2) is 5.10 Å². The summed E-state index contributed by atoms with van der Waals surface area (Å²) in [5.74, 6) is 0.431. The molecule has 1 rings (SSSR count).